The molecule has 0 aliphatic rings. The van der Waals surface area contributed by atoms with Gasteiger partial charge in [0.05, 0.1) is 19.8 Å². The lowest BCUT2D eigenvalue weighted by atomic mass is 10.0. The van der Waals surface area contributed by atoms with Crippen LogP contribution >= 0.6 is 7.82 Å². The fourth-order valence-corrected chi connectivity index (χ4v) is 8.87. The summed E-state index contributed by atoms with van der Waals surface area (Å²) >= 11 is 0. The summed E-state index contributed by atoms with van der Waals surface area (Å²) < 4.78 is 39.5. The Morgan fingerprint density at radius 3 is 1.12 bits per heavy atom. The van der Waals surface area contributed by atoms with Gasteiger partial charge in [0.2, 0.25) is 0 Å². The minimum absolute atomic E-state index is 0.126. The van der Waals surface area contributed by atoms with E-state index in [1.165, 1.54) is 96.3 Å². The van der Waals surface area contributed by atoms with Crippen LogP contribution in [0, 0.1) is 0 Å². The molecule has 3 atom stereocenters. The maximum absolute atomic E-state index is 12.9. The predicted molar refractivity (Wildman–Crippen MR) is 307 cm³/mol. The molecular weight excluding hydrogens is 952 g/mol. The third kappa shape index (κ3) is 53.7. The van der Waals surface area contributed by atoms with Crippen molar-refractivity contribution in [3.63, 3.8) is 0 Å². The van der Waals surface area contributed by atoms with Gasteiger partial charge in [-0.25, -0.2) is 4.57 Å². The summed E-state index contributed by atoms with van der Waals surface area (Å²) in [6.07, 6.45) is 62.8. The first-order chi connectivity index (χ1) is 36.2. The average Bonchev–Trinajstić information content (AvgIpc) is 3.39. The van der Waals surface area contributed by atoms with Crippen LogP contribution in [0.3, 0.4) is 0 Å². The van der Waals surface area contributed by atoms with Gasteiger partial charge in [0.15, 0.2) is 6.10 Å². The molecule has 0 aliphatic heterocycles. The molecule has 0 aromatic heterocycles. The van der Waals surface area contributed by atoms with Crippen LogP contribution in [0.25, 0.3) is 0 Å². The largest absolute Gasteiger partial charge is 0.472 e. The Hall–Kier alpha value is -3.08. The summed E-state index contributed by atoms with van der Waals surface area (Å²) in [5, 5.41) is 9.82. The monoisotopic (exact) mass is 1060 g/mol. The predicted octanol–water partition coefficient (Wildman–Crippen LogP) is 17.7. The van der Waals surface area contributed by atoms with Crippen LogP contribution in [0.5, 0.6) is 0 Å². The van der Waals surface area contributed by atoms with Crippen LogP contribution < -0.4 is 0 Å². The molecule has 12 heteroatoms. The molecule has 0 saturated heterocycles. The highest BCUT2D eigenvalue weighted by Crippen LogP contribution is 2.43. The zero-order chi connectivity index (χ0) is 54.1. The molecule has 0 saturated carbocycles. The van der Waals surface area contributed by atoms with E-state index in [-0.39, 0.29) is 25.9 Å². The van der Waals surface area contributed by atoms with Gasteiger partial charge in [-0.15, -0.1) is 0 Å². The molecule has 11 nitrogen and oxygen atoms in total. The van der Waals surface area contributed by atoms with Crippen molar-refractivity contribution >= 4 is 25.7 Å². The molecule has 428 valence electrons. The minimum Gasteiger partial charge on any atom is -0.462 e. The first-order valence-electron chi connectivity index (χ1n) is 29.8. The molecule has 74 heavy (non-hydrogen) atoms. The summed E-state index contributed by atoms with van der Waals surface area (Å²) in [6, 6.07) is 0. The Bertz CT molecular complexity index is 1520. The molecule has 0 aromatic rings. The van der Waals surface area contributed by atoms with E-state index >= 15 is 0 Å². The van der Waals surface area contributed by atoms with Crippen molar-refractivity contribution in [3.05, 3.63) is 72.9 Å². The number of ether oxygens (including phenoxy) is 3. The summed E-state index contributed by atoms with van der Waals surface area (Å²) in [4.78, 5) is 48.6. The van der Waals surface area contributed by atoms with E-state index in [9.17, 15) is 28.9 Å². The SMILES string of the molecule is CC/C=C\C/C=C\C/C=C\C/C=C\C/C=C\CCCCCC(=O)OC(COC(=O)CCCCCCC/C=C\CCCCCC)COP(=O)(O)OCC(CO)OC(=O)CCCCCCCCCCCCCCCCC. The lowest BCUT2D eigenvalue weighted by Crippen LogP contribution is -2.30. The van der Waals surface area contributed by atoms with Gasteiger partial charge in [-0.2, -0.15) is 0 Å². The molecule has 0 aliphatic carbocycles. The van der Waals surface area contributed by atoms with E-state index in [4.69, 9.17) is 23.3 Å². The molecule has 0 aromatic carbocycles. The number of allylic oxidation sites excluding steroid dienone is 12. The number of carbonyl (C=O) groups excluding carboxylic acids is 3. The third-order valence-electron chi connectivity index (χ3n) is 12.6. The van der Waals surface area contributed by atoms with Crippen molar-refractivity contribution in [1.29, 1.82) is 0 Å². The maximum Gasteiger partial charge on any atom is 0.472 e. The third-order valence-corrected chi connectivity index (χ3v) is 13.6. The molecule has 0 amide bonds. The second-order valence-corrected chi connectivity index (χ2v) is 21.2. The van der Waals surface area contributed by atoms with Crippen LogP contribution in [0.1, 0.15) is 265 Å². The van der Waals surface area contributed by atoms with E-state index in [1.54, 1.807) is 0 Å². The van der Waals surface area contributed by atoms with Gasteiger partial charge < -0.3 is 24.2 Å². The normalized spacial score (nSPS) is 13.9. The number of phosphoric ester groups is 1. The molecular formula is C62H109O11P. The highest BCUT2D eigenvalue weighted by molar-refractivity contribution is 7.47. The average molecular weight is 1060 g/mol. The fourth-order valence-electron chi connectivity index (χ4n) is 8.08. The second-order valence-electron chi connectivity index (χ2n) is 19.8. The fraction of sp³-hybridized carbons (Fsp3) is 0.758. The Balaban J connectivity index is 4.76. The molecule has 0 rings (SSSR count). The van der Waals surface area contributed by atoms with Gasteiger partial charge in [0.25, 0.3) is 0 Å². The highest BCUT2D eigenvalue weighted by atomic mass is 31.2. The number of phosphoric acid groups is 1. The topological polar surface area (TPSA) is 155 Å². The first-order valence-corrected chi connectivity index (χ1v) is 31.3. The summed E-state index contributed by atoms with van der Waals surface area (Å²) in [6.45, 7) is 4.49. The smallest absolute Gasteiger partial charge is 0.462 e. The second kappa shape index (κ2) is 56.1. The number of hydrogen-bond donors (Lipinski definition) is 2. The summed E-state index contributed by atoms with van der Waals surface area (Å²) in [5.74, 6) is -1.51. The van der Waals surface area contributed by atoms with Crippen LogP contribution in [-0.4, -0.2) is 66.5 Å². The molecule has 0 fully saturated rings. The number of carbonyl (C=O) groups is 3. The van der Waals surface area contributed by atoms with Crippen molar-refractivity contribution in [2.75, 3.05) is 26.4 Å². The van der Waals surface area contributed by atoms with Crippen LogP contribution in [0.15, 0.2) is 72.9 Å². The van der Waals surface area contributed by atoms with Gasteiger partial charge in [-0.1, -0.05) is 229 Å². The minimum atomic E-state index is -4.76. The Morgan fingerprint density at radius 1 is 0.392 bits per heavy atom. The van der Waals surface area contributed by atoms with Crippen LogP contribution in [-0.2, 0) is 42.2 Å². The highest BCUT2D eigenvalue weighted by Gasteiger charge is 2.28. The number of hydrogen-bond acceptors (Lipinski definition) is 10. The maximum atomic E-state index is 12.9. The van der Waals surface area contributed by atoms with E-state index in [0.29, 0.717) is 19.3 Å². The van der Waals surface area contributed by atoms with Crippen molar-refractivity contribution < 1.29 is 52.2 Å². The first kappa shape index (κ1) is 70.9. The standard InChI is InChI=1S/C62H109O11P/c1-4-7-10-13-16-19-22-25-27-28-29-30-32-35-38-41-44-47-50-53-62(66)73-59(55-69-60(64)51-48-45-42-39-36-33-24-21-18-15-12-9-6-3)57-71-74(67,68)70-56-58(54-63)72-61(65)52-49-46-43-40-37-34-31-26-23-20-17-14-11-8-5-2/h7,10,16,19,21,24-25,27,29-30,35,38,58-59,63H,4-6,8-9,11-15,17-18,20,22-23,26,28,31-34,36-37,39-57H2,1-3H3,(H,67,68)/b10-7-,19-16-,24-21-,27-25-,30-29-,38-35-. The number of aliphatic hydroxyl groups is 1. The Labute approximate surface area is 452 Å². The number of aliphatic hydroxyl groups excluding tert-OH is 1. The van der Waals surface area contributed by atoms with Gasteiger partial charge in [-0.3, -0.25) is 23.4 Å². The van der Waals surface area contributed by atoms with Crippen molar-refractivity contribution in [1.82, 2.24) is 0 Å². The van der Waals surface area contributed by atoms with Gasteiger partial charge in [0, 0.05) is 19.3 Å². The molecule has 2 N–H and O–H groups in total. The van der Waals surface area contributed by atoms with Crippen molar-refractivity contribution in [2.45, 2.75) is 277 Å². The zero-order valence-corrected chi connectivity index (χ0v) is 48.2. The lowest BCUT2D eigenvalue weighted by Gasteiger charge is -2.21. The lowest BCUT2D eigenvalue weighted by molar-refractivity contribution is -0.161. The zero-order valence-electron chi connectivity index (χ0n) is 47.3. The van der Waals surface area contributed by atoms with Gasteiger partial charge >= 0.3 is 25.7 Å². The Morgan fingerprint density at radius 2 is 0.703 bits per heavy atom. The van der Waals surface area contributed by atoms with E-state index in [1.807, 2.05) is 0 Å². The molecule has 0 bridgehead atoms. The van der Waals surface area contributed by atoms with E-state index in [2.05, 4.69) is 93.7 Å². The summed E-state index contributed by atoms with van der Waals surface area (Å²) in [5.41, 5.74) is 0. The van der Waals surface area contributed by atoms with Crippen LogP contribution in [0.2, 0.25) is 0 Å². The van der Waals surface area contributed by atoms with Gasteiger partial charge in [-0.05, 0) is 89.9 Å². The quantitative estimate of drug-likeness (QED) is 0.0197. The van der Waals surface area contributed by atoms with Crippen molar-refractivity contribution in [3.8, 4) is 0 Å². The number of rotatable bonds is 55. The van der Waals surface area contributed by atoms with Crippen LogP contribution in [0.4, 0.5) is 0 Å². The summed E-state index contributed by atoms with van der Waals surface area (Å²) in [7, 11) is -4.76. The van der Waals surface area contributed by atoms with E-state index < -0.39 is 57.8 Å². The van der Waals surface area contributed by atoms with Gasteiger partial charge in [0.1, 0.15) is 12.7 Å². The Kier molecular flexibility index (Phi) is 53.8. The molecule has 0 radical (unpaired) electrons. The van der Waals surface area contributed by atoms with Crippen molar-refractivity contribution in [2.24, 2.45) is 0 Å². The molecule has 0 heterocycles. The van der Waals surface area contributed by atoms with E-state index in [0.717, 1.165) is 109 Å². The molecule has 3 unspecified atom stereocenters. The number of unbranched alkanes of at least 4 members (excludes halogenated alkanes) is 26. The molecule has 0 spiro atoms. The number of esters is 3.